The SMILES string of the molecule is CC(C)(C(=O)NCC(N1CCNCC1)C(F)(F)F)c1ccccc1Cl.Cl. The lowest BCUT2D eigenvalue weighted by molar-refractivity contribution is -0.184. The lowest BCUT2D eigenvalue weighted by atomic mass is 9.83. The van der Waals surface area contributed by atoms with Gasteiger partial charge in [-0.3, -0.25) is 9.69 Å². The molecule has 1 aliphatic rings. The van der Waals surface area contributed by atoms with E-state index in [0.29, 0.717) is 36.8 Å². The molecule has 0 aliphatic carbocycles. The summed E-state index contributed by atoms with van der Waals surface area (Å²) >= 11 is 6.13. The van der Waals surface area contributed by atoms with Crippen molar-refractivity contribution in [1.29, 1.82) is 0 Å². The van der Waals surface area contributed by atoms with Crippen molar-refractivity contribution in [3.05, 3.63) is 34.9 Å². The third-order valence-corrected chi connectivity index (χ3v) is 4.87. The third kappa shape index (κ3) is 5.49. The molecule has 1 aromatic carbocycles. The highest BCUT2D eigenvalue weighted by atomic mass is 35.5. The number of alkyl halides is 3. The van der Waals surface area contributed by atoms with Crippen LogP contribution in [-0.4, -0.2) is 55.7 Å². The van der Waals surface area contributed by atoms with Gasteiger partial charge in [-0.2, -0.15) is 13.2 Å². The van der Waals surface area contributed by atoms with Gasteiger partial charge in [0.1, 0.15) is 6.04 Å². The Kier molecular flexibility index (Phi) is 8.20. The molecule has 26 heavy (non-hydrogen) atoms. The molecule has 9 heteroatoms. The van der Waals surface area contributed by atoms with Crippen molar-refractivity contribution < 1.29 is 18.0 Å². The summed E-state index contributed by atoms with van der Waals surface area (Å²) in [7, 11) is 0. The monoisotopic (exact) mass is 413 g/mol. The maximum atomic E-state index is 13.4. The molecule has 1 heterocycles. The van der Waals surface area contributed by atoms with Crippen LogP contribution in [0.5, 0.6) is 0 Å². The van der Waals surface area contributed by atoms with Crippen LogP contribution in [0.2, 0.25) is 5.02 Å². The van der Waals surface area contributed by atoms with Crippen molar-refractivity contribution >= 4 is 29.9 Å². The Labute approximate surface area is 162 Å². The normalized spacial score (nSPS) is 17.3. The van der Waals surface area contributed by atoms with Crippen LogP contribution in [0.4, 0.5) is 13.2 Å². The standard InChI is InChI=1S/C17H23ClF3N3O.ClH/c1-16(2,12-5-3-4-6-13(12)18)15(25)23-11-14(17(19,20)21)24-9-7-22-8-10-24;/h3-6,14,22H,7-11H2,1-2H3,(H,23,25);1H. The molecule has 0 spiro atoms. The third-order valence-electron chi connectivity index (χ3n) is 4.54. The van der Waals surface area contributed by atoms with Crippen LogP contribution in [-0.2, 0) is 10.2 Å². The molecule has 4 nitrogen and oxygen atoms in total. The molecule has 1 aromatic rings. The van der Waals surface area contributed by atoms with E-state index in [2.05, 4.69) is 10.6 Å². The second kappa shape index (κ2) is 9.26. The number of carbonyl (C=O) groups excluding carboxylic acids is 1. The fraction of sp³-hybridized carbons (Fsp3) is 0.588. The molecule has 1 aliphatic heterocycles. The first-order chi connectivity index (χ1) is 11.6. The summed E-state index contributed by atoms with van der Waals surface area (Å²) in [6.45, 7) is 4.43. The van der Waals surface area contributed by atoms with Gasteiger partial charge in [-0.05, 0) is 25.5 Å². The summed E-state index contributed by atoms with van der Waals surface area (Å²) in [5.74, 6) is -0.481. The van der Waals surface area contributed by atoms with Crippen LogP contribution in [0.15, 0.2) is 24.3 Å². The van der Waals surface area contributed by atoms with Gasteiger partial charge in [0.05, 0.1) is 5.41 Å². The van der Waals surface area contributed by atoms with Crippen molar-refractivity contribution in [2.45, 2.75) is 31.5 Å². The largest absolute Gasteiger partial charge is 0.405 e. The fourth-order valence-electron chi connectivity index (χ4n) is 2.95. The van der Waals surface area contributed by atoms with Crippen LogP contribution >= 0.6 is 24.0 Å². The van der Waals surface area contributed by atoms with Crippen molar-refractivity contribution in [2.75, 3.05) is 32.7 Å². The summed E-state index contributed by atoms with van der Waals surface area (Å²) in [6.07, 6.45) is -4.40. The van der Waals surface area contributed by atoms with E-state index < -0.39 is 30.1 Å². The minimum Gasteiger partial charge on any atom is -0.353 e. The van der Waals surface area contributed by atoms with Gasteiger partial charge >= 0.3 is 6.18 Å². The smallest absolute Gasteiger partial charge is 0.353 e. The molecule has 2 rings (SSSR count). The summed E-state index contributed by atoms with van der Waals surface area (Å²) in [4.78, 5) is 13.9. The highest BCUT2D eigenvalue weighted by Crippen LogP contribution is 2.30. The average molecular weight is 414 g/mol. The molecular weight excluding hydrogens is 390 g/mol. The summed E-state index contributed by atoms with van der Waals surface area (Å²) in [5.41, 5.74) is -0.447. The first-order valence-electron chi connectivity index (χ1n) is 8.19. The second-order valence-electron chi connectivity index (χ2n) is 6.66. The van der Waals surface area contributed by atoms with Crippen LogP contribution in [0.3, 0.4) is 0 Å². The molecule has 1 unspecified atom stereocenters. The van der Waals surface area contributed by atoms with Gasteiger partial charge in [-0.15, -0.1) is 12.4 Å². The Bertz CT molecular complexity index is 605. The summed E-state index contributed by atoms with van der Waals surface area (Å²) < 4.78 is 40.2. The molecule has 0 saturated carbocycles. The molecule has 1 amide bonds. The van der Waals surface area contributed by atoms with Gasteiger partial charge in [0, 0.05) is 37.7 Å². The Hall–Kier alpha value is -1.02. The zero-order valence-corrected chi connectivity index (χ0v) is 16.3. The Morgan fingerprint density at radius 2 is 1.85 bits per heavy atom. The molecule has 0 aromatic heterocycles. The van der Waals surface area contributed by atoms with E-state index >= 15 is 0 Å². The quantitative estimate of drug-likeness (QED) is 0.779. The maximum absolute atomic E-state index is 13.4. The topological polar surface area (TPSA) is 44.4 Å². The molecule has 1 atom stereocenters. The number of piperazine rings is 1. The Morgan fingerprint density at radius 1 is 1.27 bits per heavy atom. The van der Waals surface area contributed by atoms with Gasteiger partial charge in [-0.25, -0.2) is 0 Å². The van der Waals surface area contributed by atoms with Crippen molar-refractivity contribution in [3.8, 4) is 0 Å². The number of amides is 1. The molecule has 0 radical (unpaired) electrons. The van der Waals surface area contributed by atoms with Gasteiger partial charge in [0.2, 0.25) is 5.91 Å². The van der Waals surface area contributed by atoms with E-state index in [1.165, 1.54) is 4.90 Å². The highest BCUT2D eigenvalue weighted by molar-refractivity contribution is 6.31. The van der Waals surface area contributed by atoms with E-state index in [-0.39, 0.29) is 12.4 Å². The zero-order valence-electron chi connectivity index (χ0n) is 14.7. The van der Waals surface area contributed by atoms with Crippen LogP contribution < -0.4 is 10.6 Å². The van der Waals surface area contributed by atoms with Gasteiger partial charge in [0.15, 0.2) is 0 Å². The average Bonchev–Trinajstić information content (AvgIpc) is 2.54. The Balaban J connectivity index is 0.00000338. The number of carbonyl (C=O) groups is 1. The van der Waals surface area contributed by atoms with E-state index in [0.717, 1.165) is 0 Å². The van der Waals surface area contributed by atoms with E-state index in [9.17, 15) is 18.0 Å². The lowest BCUT2D eigenvalue weighted by Gasteiger charge is -2.36. The molecule has 1 saturated heterocycles. The van der Waals surface area contributed by atoms with E-state index in [1.807, 2.05) is 0 Å². The molecule has 148 valence electrons. The number of hydrogen-bond donors (Lipinski definition) is 2. The number of rotatable bonds is 5. The van der Waals surface area contributed by atoms with Crippen molar-refractivity contribution in [3.63, 3.8) is 0 Å². The van der Waals surface area contributed by atoms with E-state index in [1.54, 1.807) is 38.1 Å². The Morgan fingerprint density at radius 3 is 2.38 bits per heavy atom. The van der Waals surface area contributed by atoms with Gasteiger partial charge in [0.25, 0.3) is 0 Å². The minimum absolute atomic E-state index is 0. The van der Waals surface area contributed by atoms with Crippen molar-refractivity contribution in [2.24, 2.45) is 0 Å². The first-order valence-corrected chi connectivity index (χ1v) is 8.56. The van der Waals surface area contributed by atoms with Crippen LogP contribution in [0.1, 0.15) is 19.4 Å². The molecule has 0 bridgehead atoms. The molecular formula is C17H24Cl2F3N3O. The highest BCUT2D eigenvalue weighted by Gasteiger charge is 2.44. The predicted molar refractivity (Wildman–Crippen MR) is 99.0 cm³/mol. The minimum atomic E-state index is -4.40. The number of nitrogens with zero attached hydrogens (tertiary/aromatic N) is 1. The number of halogens is 5. The zero-order chi connectivity index (χ0) is 18.7. The van der Waals surface area contributed by atoms with E-state index in [4.69, 9.17) is 11.6 Å². The summed E-state index contributed by atoms with van der Waals surface area (Å²) in [5, 5.41) is 5.91. The van der Waals surface area contributed by atoms with Crippen molar-refractivity contribution in [1.82, 2.24) is 15.5 Å². The number of nitrogens with one attached hydrogen (secondary N) is 2. The molecule has 1 fully saturated rings. The second-order valence-corrected chi connectivity index (χ2v) is 7.07. The lowest BCUT2D eigenvalue weighted by Crippen LogP contribution is -2.58. The van der Waals surface area contributed by atoms with Gasteiger partial charge in [-0.1, -0.05) is 29.8 Å². The number of hydrogen-bond acceptors (Lipinski definition) is 3. The van der Waals surface area contributed by atoms with Crippen LogP contribution in [0, 0.1) is 0 Å². The number of benzene rings is 1. The predicted octanol–water partition coefficient (Wildman–Crippen LogP) is 2.99. The summed E-state index contributed by atoms with van der Waals surface area (Å²) in [6, 6.07) is 5.16. The van der Waals surface area contributed by atoms with Crippen LogP contribution in [0.25, 0.3) is 0 Å². The first kappa shape index (κ1) is 23.0. The maximum Gasteiger partial charge on any atom is 0.405 e. The molecule has 2 N–H and O–H groups in total. The van der Waals surface area contributed by atoms with Gasteiger partial charge < -0.3 is 10.6 Å². The fourth-order valence-corrected chi connectivity index (χ4v) is 3.32.